The summed E-state index contributed by atoms with van der Waals surface area (Å²) < 4.78 is 10.6. The van der Waals surface area contributed by atoms with Crippen LogP contribution in [0.2, 0.25) is 0 Å². The molecule has 6 nitrogen and oxygen atoms in total. The van der Waals surface area contributed by atoms with Crippen molar-refractivity contribution in [3.63, 3.8) is 0 Å². The van der Waals surface area contributed by atoms with Crippen molar-refractivity contribution in [2.24, 2.45) is 0 Å². The Morgan fingerprint density at radius 1 is 1.07 bits per heavy atom. The molecule has 0 unspecified atom stereocenters. The van der Waals surface area contributed by atoms with E-state index < -0.39 is 5.97 Å². The molecule has 29 heavy (non-hydrogen) atoms. The number of carbonyl (C=O) groups excluding carboxylic acids is 2. The highest BCUT2D eigenvalue weighted by Crippen LogP contribution is 2.29. The van der Waals surface area contributed by atoms with Crippen molar-refractivity contribution in [3.05, 3.63) is 71.2 Å². The van der Waals surface area contributed by atoms with Gasteiger partial charge >= 0.3 is 5.97 Å². The lowest BCUT2D eigenvalue weighted by atomic mass is 10.1. The molecule has 1 aromatic heterocycles. The maximum absolute atomic E-state index is 12.2. The zero-order valence-electron chi connectivity index (χ0n) is 16.3. The van der Waals surface area contributed by atoms with E-state index >= 15 is 0 Å². The lowest BCUT2D eigenvalue weighted by Gasteiger charge is -2.18. The van der Waals surface area contributed by atoms with Gasteiger partial charge in [0, 0.05) is 12.3 Å². The number of aryl methyl sites for hydroxylation is 1. The second kappa shape index (κ2) is 9.84. The molecule has 7 heteroatoms. The molecule has 0 aliphatic heterocycles. The summed E-state index contributed by atoms with van der Waals surface area (Å²) in [7, 11) is 0. The molecule has 0 atom stereocenters. The highest BCUT2D eigenvalue weighted by molar-refractivity contribution is 7.14. The first-order valence-electron chi connectivity index (χ1n) is 9.24. The van der Waals surface area contributed by atoms with Gasteiger partial charge in [0.2, 0.25) is 5.91 Å². The lowest BCUT2D eigenvalue weighted by molar-refractivity contribution is -0.147. The number of carbonyl (C=O) groups is 2. The summed E-state index contributed by atoms with van der Waals surface area (Å²) in [6, 6.07) is 16.9. The molecule has 0 N–H and O–H groups in total. The Labute approximate surface area is 173 Å². The van der Waals surface area contributed by atoms with Crippen LogP contribution in [0.5, 0.6) is 5.75 Å². The molecule has 3 rings (SSSR count). The molecule has 0 radical (unpaired) electrons. The van der Waals surface area contributed by atoms with Crippen molar-refractivity contribution in [1.29, 1.82) is 0 Å². The second-order valence-electron chi connectivity index (χ2n) is 6.26. The van der Waals surface area contributed by atoms with E-state index in [1.807, 2.05) is 42.5 Å². The van der Waals surface area contributed by atoms with E-state index in [4.69, 9.17) is 9.47 Å². The van der Waals surface area contributed by atoms with Gasteiger partial charge in [0.05, 0.1) is 11.4 Å². The van der Waals surface area contributed by atoms with Crippen LogP contribution in [0.1, 0.15) is 25.1 Å². The first-order chi connectivity index (χ1) is 14.1. The van der Waals surface area contributed by atoms with Crippen molar-refractivity contribution in [2.75, 3.05) is 11.5 Å². The molecule has 0 spiro atoms. The standard InChI is InChI=1S/C22H22N2O4S/c1-3-17-9-11-19(12-10-17)24(16(2)25)22-23-18(15-29-22)13-28-21(26)14-27-20-7-5-4-6-8-20/h4-12,15H,3,13-14H2,1-2H3. The number of aromatic nitrogens is 1. The zero-order chi connectivity index (χ0) is 20.6. The fraction of sp³-hybridized carbons (Fsp3) is 0.227. The van der Waals surface area contributed by atoms with Crippen LogP contribution in [0.4, 0.5) is 10.8 Å². The van der Waals surface area contributed by atoms with Gasteiger partial charge in [-0.25, -0.2) is 9.78 Å². The van der Waals surface area contributed by atoms with E-state index in [1.54, 1.807) is 22.4 Å². The van der Waals surface area contributed by atoms with Crippen molar-refractivity contribution >= 4 is 34.0 Å². The summed E-state index contributed by atoms with van der Waals surface area (Å²) >= 11 is 1.32. The molecule has 3 aromatic rings. The topological polar surface area (TPSA) is 68.7 Å². The van der Waals surface area contributed by atoms with E-state index in [-0.39, 0.29) is 19.1 Å². The lowest BCUT2D eigenvalue weighted by Crippen LogP contribution is -2.22. The molecule has 1 heterocycles. The number of hydrogen-bond acceptors (Lipinski definition) is 6. The molecule has 1 amide bonds. The number of amides is 1. The van der Waals surface area contributed by atoms with E-state index in [9.17, 15) is 9.59 Å². The predicted molar refractivity (Wildman–Crippen MR) is 112 cm³/mol. The molecular formula is C22H22N2O4S. The fourth-order valence-corrected chi connectivity index (χ4v) is 3.50. The number of rotatable bonds is 8. The minimum absolute atomic E-state index is 0.0218. The Balaban J connectivity index is 1.59. The van der Waals surface area contributed by atoms with Gasteiger partial charge in [0.25, 0.3) is 0 Å². The average Bonchev–Trinajstić information content (AvgIpc) is 3.20. The Hall–Kier alpha value is -3.19. The molecule has 2 aromatic carbocycles. The van der Waals surface area contributed by atoms with Crippen molar-refractivity contribution in [3.8, 4) is 5.75 Å². The fourth-order valence-electron chi connectivity index (χ4n) is 2.63. The van der Waals surface area contributed by atoms with Gasteiger partial charge in [-0.3, -0.25) is 9.69 Å². The first kappa shape index (κ1) is 20.5. The Bertz CT molecular complexity index is 954. The van der Waals surface area contributed by atoms with Gasteiger partial charge in [-0.2, -0.15) is 0 Å². The third kappa shape index (κ3) is 5.65. The summed E-state index contributed by atoms with van der Waals surface area (Å²) in [5.41, 5.74) is 2.53. The number of para-hydroxylation sites is 1. The van der Waals surface area contributed by atoms with E-state index in [2.05, 4.69) is 11.9 Å². The smallest absolute Gasteiger partial charge is 0.344 e. The largest absolute Gasteiger partial charge is 0.482 e. The highest BCUT2D eigenvalue weighted by atomic mass is 32.1. The SMILES string of the molecule is CCc1ccc(N(C(C)=O)c2nc(COC(=O)COc3ccccc3)cs2)cc1. The van der Waals surface area contributed by atoms with Gasteiger partial charge in [-0.1, -0.05) is 37.3 Å². The van der Waals surface area contributed by atoms with Crippen molar-refractivity contribution in [1.82, 2.24) is 4.98 Å². The van der Waals surface area contributed by atoms with E-state index in [0.717, 1.165) is 12.1 Å². The molecule has 0 aliphatic carbocycles. The minimum Gasteiger partial charge on any atom is -0.482 e. The Morgan fingerprint density at radius 2 is 1.79 bits per heavy atom. The van der Waals surface area contributed by atoms with Gasteiger partial charge in [0.1, 0.15) is 12.4 Å². The number of benzene rings is 2. The number of nitrogens with zero attached hydrogens (tertiary/aromatic N) is 2. The van der Waals surface area contributed by atoms with Gasteiger partial charge in [-0.15, -0.1) is 11.3 Å². The number of esters is 1. The molecule has 0 bridgehead atoms. The summed E-state index contributed by atoms with van der Waals surface area (Å²) in [6.45, 7) is 3.42. The Kier molecular flexibility index (Phi) is 6.97. The van der Waals surface area contributed by atoms with Crippen LogP contribution in [-0.4, -0.2) is 23.5 Å². The van der Waals surface area contributed by atoms with Crippen LogP contribution in [0.25, 0.3) is 0 Å². The van der Waals surface area contributed by atoms with Gasteiger partial charge in [-0.05, 0) is 36.2 Å². The van der Waals surface area contributed by atoms with Crippen molar-refractivity contribution in [2.45, 2.75) is 26.9 Å². The monoisotopic (exact) mass is 410 g/mol. The number of thiazole rings is 1. The van der Waals surface area contributed by atoms with Gasteiger partial charge in [0.15, 0.2) is 11.7 Å². The maximum atomic E-state index is 12.2. The number of ether oxygens (including phenoxy) is 2. The first-order valence-corrected chi connectivity index (χ1v) is 10.1. The Morgan fingerprint density at radius 3 is 2.45 bits per heavy atom. The summed E-state index contributed by atoms with van der Waals surface area (Å²) in [6.07, 6.45) is 0.932. The molecule has 0 saturated carbocycles. The summed E-state index contributed by atoms with van der Waals surface area (Å²) in [5.74, 6) is -0.0167. The second-order valence-corrected chi connectivity index (χ2v) is 7.09. The van der Waals surface area contributed by atoms with Crippen LogP contribution >= 0.6 is 11.3 Å². The van der Waals surface area contributed by atoms with E-state index in [0.29, 0.717) is 16.6 Å². The molecule has 0 saturated heterocycles. The predicted octanol–water partition coefficient (Wildman–Crippen LogP) is 4.51. The van der Waals surface area contributed by atoms with Crippen LogP contribution in [-0.2, 0) is 27.4 Å². The van der Waals surface area contributed by atoms with Crippen LogP contribution < -0.4 is 9.64 Å². The van der Waals surface area contributed by atoms with Gasteiger partial charge < -0.3 is 9.47 Å². The highest BCUT2D eigenvalue weighted by Gasteiger charge is 2.18. The van der Waals surface area contributed by atoms with Crippen LogP contribution in [0, 0.1) is 0 Å². The number of anilines is 2. The maximum Gasteiger partial charge on any atom is 0.344 e. The van der Waals surface area contributed by atoms with Crippen LogP contribution in [0.15, 0.2) is 60.0 Å². The van der Waals surface area contributed by atoms with E-state index in [1.165, 1.54) is 23.8 Å². The third-order valence-electron chi connectivity index (χ3n) is 4.13. The third-order valence-corrected chi connectivity index (χ3v) is 5.00. The summed E-state index contributed by atoms with van der Waals surface area (Å²) in [4.78, 5) is 30.1. The van der Waals surface area contributed by atoms with Crippen molar-refractivity contribution < 1.29 is 19.1 Å². The minimum atomic E-state index is -0.484. The molecule has 0 fully saturated rings. The number of hydrogen-bond donors (Lipinski definition) is 0. The normalized spacial score (nSPS) is 10.4. The average molecular weight is 410 g/mol. The summed E-state index contributed by atoms with van der Waals surface area (Å²) in [5, 5.41) is 2.31. The molecular weight excluding hydrogens is 388 g/mol. The molecule has 150 valence electrons. The molecule has 0 aliphatic rings. The van der Waals surface area contributed by atoms with Crippen LogP contribution in [0.3, 0.4) is 0 Å². The quantitative estimate of drug-likeness (QED) is 0.511. The zero-order valence-corrected chi connectivity index (χ0v) is 17.1.